The first kappa shape index (κ1) is 16.9. The first-order valence-corrected chi connectivity index (χ1v) is 7.72. The van der Waals surface area contributed by atoms with Crippen LogP contribution in [0.2, 0.25) is 0 Å². The van der Waals surface area contributed by atoms with Crippen LogP contribution in [-0.4, -0.2) is 49.6 Å². The quantitative estimate of drug-likeness (QED) is 0.888. The molecule has 0 aromatic carbocycles. The maximum absolute atomic E-state index is 12.5. The summed E-state index contributed by atoms with van der Waals surface area (Å²) in [4.78, 5) is 5.40. The Morgan fingerprint density at radius 3 is 2.92 bits per heavy atom. The average Bonchev–Trinajstić information content (AvgIpc) is 3.17. The van der Waals surface area contributed by atoms with Gasteiger partial charge in [0.15, 0.2) is 0 Å². The first-order chi connectivity index (χ1) is 11.5. The van der Waals surface area contributed by atoms with Crippen molar-refractivity contribution in [1.29, 1.82) is 0 Å². The van der Waals surface area contributed by atoms with E-state index in [1.807, 2.05) is 17.2 Å². The van der Waals surface area contributed by atoms with Crippen LogP contribution in [0.3, 0.4) is 0 Å². The highest BCUT2D eigenvalue weighted by atomic mass is 19.4. The maximum atomic E-state index is 12.5. The van der Waals surface area contributed by atoms with Crippen molar-refractivity contribution in [3.63, 3.8) is 0 Å². The maximum Gasteiger partial charge on any atom is 0.455 e. The minimum atomic E-state index is -4.59. The predicted octanol–water partition coefficient (Wildman–Crippen LogP) is 1.66. The molecule has 1 atom stereocenters. The van der Waals surface area contributed by atoms with Gasteiger partial charge in [0.25, 0.3) is 5.82 Å². The molecule has 0 bridgehead atoms. The van der Waals surface area contributed by atoms with Gasteiger partial charge < -0.3 is 9.63 Å². The number of aliphatic hydroxyl groups excluding tert-OH is 1. The van der Waals surface area contributed by atoms with Crippen LogP contribution in [0, 0.1) is 0 Å². The van der Waals surface area contributed by atoms with E-state index in [0.29, 0.717) is 13.1 Å². The van der Waals surface area contributed by atoms with Gasteiger partial charge in [0.05, 0.1) is 25.4 Å². The summed E-state index contributed by atoms with van der Waals surface area (Å²) in [6.07, 6.45) is -0.897. The smallest absolute Gasteiger partial charge is 0.394 e. The lowest BCUT2D eigenvalue weighted by Gasteiger charge is -2.30. The normalized spacial score (nSPS) is 19.8. The van der Waals surface area contributed by atoms with Crippen LogP contribution < -0.4 is 0 Å². The van der Waals surface area contributed by atoms with Crippen LogP contribution in [0.15, 0.2) is 16.8 Å². The Hall–Kier alpha value is -1.94. The summed E-state index contributed by atoms with van der Waals surface area (Å²) >= 11 is 0. The van der Waals surface area contributed by atoms with Gasteiger partial charge in [-0.15, -0.1) is 0 Å². The van der Waals surface area contributed by atoms with Gasteiger partial charge >= 0.3 is 6.18 Å². The molecule has 2 aromatic heterocycles. The highest BCUT2D eigenvalue weighted by Gasteiger charge is 2.37. The standard InChI is InChI=1S/C14H18F3N5O2/c15-14(16,17)13-18-12(24-20-13)9-21-4-1-2-10(8-21)11-3-5-22(19-11)6-7-23/h3,5,10,23H,1-2,4,6-9H2. The summed E-state index contributed by atoms with van der Waals surface area (Å²) in [5, 5.41) is 16.3. The molecule has 7 nitrogen and oxygen atoms in total. The van der Waals surface area contributed by atoms with E-state index < -0.39 is 12.0 Å². The summed E-state index contributed by atoms with van der Waals surface area (Å²) in [5.74, 6) is -1.08. The summed E-state index contributed by atoms with van der Waals surface area (Å²) in [7, 11) is 0. The highest BCUT2D eigenvalue weighted by Crippen LogP contribution is 2.28. The van der Waals surface area contributed by atoms with Crippen LogP contribution >= 0.6 is 0 Å². The molecule has 10 heteroatoms. The number of likely N-dealkylation sites (tertiary alicyclic amines) is 1. The van der Waals surface area contributed by atoms with Crippen LogP contribution in [-0.2, 0) is 19.3 Å². The zero-order valence-corrected chi connectivity index (χ0v) is 12.9. The molecular formula is C14H18F3N5O2. The number of nitrogens with zero attached hydrogens (tertiary/aromatic N) is 5. The number of aliphatic hydroxyl groups is 1. The van der Waals surface area contributed by atoms with Crippen molar-refractivity contribution in [1.82, 2.24) is 24.8 Å². The molecule has 1 aliphatic heterocycles. The molecule has 0 amide bonds. The molecular weight excluding hydrogens is 327 g/mol. The van der Waals surface area contributed by atoms with Crippen LogP contribution in [0.4, 0.5) is 13.2 Å². The van der Waals surface area contributed by atoms with Gasteiger partial charge in [0, 0.05) is 18.7 Å². The van der Waals surface area contributed by atoms with E-state index in [1.165, 1.54) is 0 Å². The minimum Gasteiger partial charge on any atom is -0.394 e. The molecule has 0 saturated carbocycles. The first-order valence-electron chi connectivity index (χ1n) is 7.72. The van der Waals surface area contributed by atoms with Gasteiger partial charge in [-0.05, 0) is 25.5 Å². The lowest BCUT2D eigenvalue weighted by Crippen LogP contribution is -2.34. The molecule has 0 spiro atoms. The third kappa shape index (κ3) is 3.93. The molecule has 3 rings (SSSR count). The molecule has 0 radical (unpaired) electrons. The van der Waals surface area contributed by atoms with E-state index in [-0.39, 0.29) is 25.0 Å². The summed E-state index contributed by atoms with van der Waals surface area (Å²) in [6.45, 7) is 2.09. The summed E-state index contributed by atoms with van der Waals surface area (Å²) in [5.41, 5.74) is 0.926. The molecule has 1 fully saturated rings. The van der Waals surface area contributed by atoms with E-state index in [1.54, 1.807) is 4.68 Å². The lowest BCUT2D eigenvalue weighted by atomic mass is 9.95. The van der Waals surface area contributed by atoms with Crippen molar-refractivity contribution in [2.45, 2.75) is 38.0 Å². The highest BCUT2D eigenvalue weighted by molar-refractivity contribution is 5.08. The van der Waals surface area contributed by atoms with Crippen molar-refractivity contribution < 1.29 is 22.8 Å². The van der Waals surface area contributed by atoms with E-state index in [2.05, 4.69) is 15.2 Å². The predicted molar refractivity (Wildman–Crippen MR) is 75.9 cm³/mol. The molecule has 1 N–H and O–H groups in total. The SMILES string of the molecule is OCCn1ccc(C2CCCN(Cc3nc(C(F)(F)F)no3)C2)n1. The number of hydrogen-bond acceptors (Lipinski definition) is 6. The average molecular weight is 345 g/mol. The Morgan fingerprint density at radius 1 is 1.38 bits per heavy atom. The van der Waals surface area contributed by atoms with Gasteiger partial charge in [0.2, 0.25) is 5.89 Å². The Balaban J connectivity index is 1.62. The Labute approximate surface area is 136 Å². The number of rotatable bonds is 5. The summed E-state index contributed by atoms with van der Waals surface area (Å²) in [6, 6.07) is 1.91. The van der Waals surface area contributed by atoms with E-state index in [0.717, 1.165) is 25.1 Å². The fraction of sp³-hybridized carbons (Fsp3) is 0.643. The zero-order valence-electron chi connectivity index (χ0n) is 12.9. The number of halogens is 3. The molecule has 0 aliphatic carbocycles. The van der Waals surface area contributed by atoms with Crippen molar-refractivity contribution in [3.05, 3.63) is 29.7 Å². The van der Waals surface area contributed by atoms with Crippen LogP contribution in [0.1, 0.15) is 36.2 Å². The fourth-order valence-corrected chi connectivity index (χ4v) is 2.89. The van der Waals surface area contributed by atoms with Gasteiger partial charge in [-0.2, -0.15) is 23.3 Å². The monoisotopic (exact) mass is 345 g/mol. The van der Waals surface area contributed by atoms with E-state index in [9.17, 15) is 13.2 Å². The molecule has 3 heterocycles. The van der Waals surface area contributed by atoms with Gasteiger partial charge in [-0.1, -0.05) is 5.16 Å². The third-order valence-electron chi connectivity index (χ3n) is 3.99. The van der Waals surface area contributed by atoms with Crippen molar-refractivity contribution in [2.75, 3.05) is 19.7 Å². The molecule has 132 valence electrons. The third-order valence-corrected chi connectivity index (χ3v) is 3.99. The molecule has 1 aliphatic rings. The largest absolute Gasteiger partial charge is 0.455 e. The fourth-order valence-electron chi connectivity index (χ4n) is 2.89. The molecule has 2 aromatic rings. The van der Waals surface area contributed by atoms with Gasteiger partial charge in [-0.3, -0.25) is 9.58 Å². The Kier molecular flexibility index (Phi) is 4.86. The summed E-state index contributed by atoms with van der Waals surface area (Å²) < 4.78 is 43.9. The van der Waals surface area contributed by atoms with Crippen molar-refractivity contribution in [3.8, 4) is 0 Å². The number of hydrogen-bond donors (Lipinski definition) is 1. The minimum absolute atomic E-state index is 0.0244. The molecule has 1 saturated heterocycles. The topological polar surface area (TPSA) is 80.2 Å². The lowest BCUT2D eigenvalue weighted by molar-refractivity contribution is -0.146. The van der Waals surface area contributed by atoms with Crippen molar-refractivity contribution in [2.24, 2.45) is 0 Å². The second-order valence-electron chi connectivity index (χ2n) is 5.81. The van der Waals surface area contributed by atoms with E-state index >= 15 is 0 Å². The van der Waals surface area contributed by atoms with Gasteiger partial charge in [0.1, 0.15) is 0 Å². The molecule has 24 heavy (non-hydrogen) atoms. The Bertz CT molecular complexity index is 669. The zero-order chi connectivity index (χ0) is 17.2. The number of aromatic nitrogens is 4. The van der Waals surface area contributed by atoms with Crippen LogP contribution in [0.25, 0.3) is 0 Å². The second-order valence-corrected chi connectivity index (χ2v) is 5.81. The number of piperidine rings is 1. The second kappa shape index (κ2) is 6.89. The number of alkyl halides is 3. The molecule has 1 unspecified atom stereocenters. The van der Waals surface area contributed by atoms with Crippen molar-refractivity contribution >= 4 is 0 Å². The van der Waals surface area contributed by atoms with Crippen LogP contribution in [0.5, 0.6) is 0 Å². The van der Waals surface area contributed by atoms with Gasteiger partial charge in [-0.25, -0.2) is 0 Å². The Morgan fingerprint density at radius 2 is 2.21 bits per heavy atom. The van der Waals surface area contributed by atoms with E-state index in [4.69, 9.17) is 9.63 Å².